The SMILES string of the molecule is CC(C)C1CCN(CCCC(=N)N)CC1. The number of rotatable bonds is 5. The van der Waals surface area contributed by atoms with Gasteiger partial charge in [0, 0.05) is 6.42 Å². The molecule has 0 spiro atoms. The first-order valence-electron chi connectivity index (χ1n) is 6.15. The molecule has 1 fully saturated rings. The van der Waals surface area contributed by atoms with Gasteiger partial charge in [-0.2, -0.15) is 0 Å². The Labute approximate surface area is 93.5 Å². The number of hydrogen-bond acceptors (Lipinski definition) is 2. The maximum absolute atomic E-state index is 7.16. The van der Waals surface area contributed by atoms with Crippen LogP contribution in [0.5, 0.6) is 0 Å². The van der Waals surface area contributed by atoms with Crippen molar-refractivity contribution in [2.75, 3.05) is 19.6 Å². The molecule has 0 radical (unpaired) electrons. The number of nitrogens with zero attached hydrogens (tertiary/aromatic N) is 1. The molecule has 0 amide bonds. The number of likely N-dealkylation sites (tertiary alicyclic amines) is 1. The van der Waals surface area contributed by atoms with Crippen LogP contribution in [-0.4, -0.2) is 30.4 Å². The van der Waals surface area contributed by atoms with E-state index in [4.69, 9.17) is 11.1 Å². The van der Waals surface area contributed by atoms with Gasteiger partial charge in [-0.1, -0.05) is 13.8 Å². The van der Waals surface area contributed by atoms with E-state index in [2.05, 4.69) is 18.7 Å². The van der Waals surface area contributed by atoms with Crippen molar-refractivity contribution >= 4 is 5.84 Å². The number of amidine groups is 1. The minimum absolute atomic E-state index is 0.326. The van der Waals surface area contributed by atoms with Crippen LogP contribution in [0.25, 0.3) is 0 Å². The number of piperidine rings is 1. The standard InChI is InChI=1S/C12H25N3/c1-10(2)11-5-8-15(9-6-11)7-3-4-12(13)14/h10-11H,3-9H2,1-2H3,(H3,13,14). The number of nitrogens with two attached hydrogens (primary N) is 1. The topological polar surface area (TPSA) is 53.1 Å². The van der Waals surface area contributed by atoms with Crippen LogP contribution in [-0.2, 0) is 0 Å². The number of nitrogens with one attached hydrogen (secondary N) is 1. The Bertz CT molecular complexity index is 193. The van der Waals surface area contributed by atoms with E-state index in [1.807, 2.05) is 0 Å². The van der Waals surface area contributed by atoms with E-state index in [1.165, 1.54) is 25.9 Å². The summed E-state index contributed by atoms with van der Waals surface area (Å²) in [5.74, 6) is 2.09. The summed E-state index contributed by atoms with van der Waals surface area (Å²) in [5, 5.41) is 7.16. The highest BCUT2D eigenvalue weighted by molar-refractivity contribution is 5.76. The fraction of sp³-hybridized carbons (Fsp3) is 0.917. The first-order chi connectivity index (χ1) is 7.09. The zero-order chi connectivity index (χ0) is 11.3. The molecule has 1 heterocycles. The molecule has 1 aliphatic heterocycles. The van der Waals surface area contributed by atoms with Crippen molar-refractivity contribution in [3.8, 4) is 0 Å². The van der Waals surface area contributed by atoms with E-state index >= 15 is 0 Å². The summed E-state index contributed by atoms with van der Waals surface area (Å²) in [6, 6.07) is 0. The molecule has 3 nitrogen and oxygen atoms in total. The Balaban J connectivity index is 2.12. The van der Waals surface area contributed by atoms with E-state index in [0.717, 1.165) is 31.2 Å². The molecular weight excluding hydrogens is 186 g/mol. The Morgan fingerprint density at radius 1 is 1.40 bits per heavy atom. The van der Waals surface area contributed by atoms with Crippen molar-refractivity contribution in [3.05, 3.63) is 0 Å². The Morgan fingerprint density at radius 3 is 2.47 bits per heavy atom. The lowest BCUT2D eigenvalue weighted by atomic mass is 9.87. The molecule has 0 aromatic rings. The molecule has 0 bridgehead atoms. The smallest absolute Gasteiger partial charge is 0.0905 e. The van der Waals surface area contributed by atoms with Crippen molar-refractivity contribution in [2.24, 2.45) is 17.6 Å². The van der Waals surface area contributed by atoms with E-state index < -0.39 is 0 Å². The maximum Gasteiger partial charge on any atom is 0.0905 e. The lowest BCUT2D eigenvalue weighted by Gasteiger charge is -2.33. The minimum Gasteiger partial charge on any atom is -0.388 e. The van der Waals surface area contributed by atoms with Crippen molar-refractivity contribution in [1.29, 1.82) is 5.41 Å². The summed E-state index contributed by atoms with van der Waals surface area (Å²) in [7, 11) is 0. The number of hydrogen-bond donors (Lipinski definition) is 2. The summed E-state index contributed by atoms with van der Waals surface area (Å²) in [6.45, 7) is 8.25. The van der Waals surface area contributed by atoms with Gasteiger partial charge in [0.15, 0.2) is 0 Å². The second kappa shape index (κ2) is 6.11. The average Bonchev–Trinajstić information content (AvgIpc) is 2.18. The van der Waals surface area contributed by atoms with Crippen molar-refractivity contribution in [1.82, 2.24) is 4.90 Å². The van der Waals surface area contributed by atoms with Crippen LogP contribution in [0.1, 0.15) is 39.5 Å². The second-order valence-electron chi connectivity index (χ2n) is 5.05. The van der Waals surface area contributed by atoms with Gasteiger partial charge < -0.3 is 10.6 Å². The highest BCUT2D eigenvalue weighted by Crippen LogP contribution is 2.24. The van der Waals surface area contributed by atoms with Gasteiger partial charge in [0.25, 0.3) is 0 Å². The molecule has 1 saturated heterocycles. The van der Waals surface area contributed by atoms with E-state index in [-0.39, 0.29) is 0 Å². The summed E-state index contributed by atoms with van der Waals surface area (Å²) in [4.78, 5) is 2.52. The predicted octanol–water partition coefficient (Wildman–Crippen LogP) is 2.07. The Morgan fingerprint density at radius 2 is 2.00 bits per heavy atom. The fourth-order valence-corrected chi connectivity index (χ4v) is 2.34. The molecule has 1 rings (SSSR count). The van der Waals surface area contributed by atoms with Gasteiger partial charge in [0.05, 0.1) is 5.84 Å². The van der Waals surface area contributed by atoms with Crippen LogP contribution in [0.2, 0.25) is 0 Å². The van der Waals surface area contributed by atoms with Crippen LogP contribution in [0, 0.1) is 17.2 Å². The van der Waals surface area contributed by atoms with Crippen molar-refractivity contribution in [3.63, 3.8) is 0 Å². The minimum atomic E-state index is 0.326. The fourth-order valence-electron chi connectivity index (χ4n) is 2.34. The monoisotopic (exact) mass is 211 g/mol. The molecule has 15 heavy (non-hydrogen) atoms. The summed E-state index contributed by atoms with van der Waals surface area (Å²) in [5.41, 5.74) is 5.33. The second-order valence-corrected chi connectivity index (χ2v) is 5.05. The molecule has 3 N–H and O–H groups in total. The zero-order valence-electron chi connectivity index (χ0n) is 10.1. The van der Waals surface area contributed by atoms with Crippen molar-refractivity contribution in [2.45, 2.75) is 39.5 Å². The molecule has 0 atom stereocenters. The summed E-state index contributed by atoms with van der Waals surface area (Å²) in [6.07, 6.45) is 4.49. The molecule has 0 unspecified atom stereocenters. The zero-order valence-corrected chi connectivity index (χ0v) is 10.1. The lowest BCUT2D eigenvalue weighted by molar-refractivity contribution is 0.157. The Hall–Kier alpha value is -0.570. The first kappa shape index (κ1) is 12.5. The van der Waals surface area contributed by atoms with Gasteiger partial charge in [-0.15, -0.1) is 0 Å². The molecule has 3 heteroatoms. The van der Waals surface area contributed by atoms with E-state index in [9.17, 15) is 0 Å². The van der Waals surface area contributed by atoms with Crippen LogP contribution in [0.15, 0.2) is 0 Å². The third-order valence-corrected chi connectivity index (χ3v) is 3.50. The van der Waals surface area contributed by atoms with Crippen LogP contribution >= 0.6 is 0 Å². The predicted molar refractivity (Wildman–Crippen MR) is 65.2 cm³/mol. The molecule has 0 aromatic heterocycles. The normalized spacial score (nSPS) is 19.7. The Kier molecular flexibility index (Phi) is 5.09. The average molecular weight is 211 g/mol. The summed E-state index contributed by atoms with van der Waals surface area (Å²) >= 11 is 0. The largest absolute Gasteiger partial charge is 0.388 e. The van der Waals surface area contributed by atoms with E-state index in [0.29, 0.717) is 5.84 Å². The van der Waals surface area contributed by atoms with Gasteiger partial charge >= 0.3 is 0 Å². The van der Waals surface area contributed by atoms with Crippen molar-refractivity contribution < 1.29 is 0 Å². The quantitative estimate of drug-likeness (QED) is 0.540. The van der Waals surface area contributed by atoms with Crippen LogP contribution in [0.4, 0.5) is 0 Å². The molecule has 1 aliphatic rings. The first-order valence-corrected chi connectivity index (χ1v) is 6.15. The highest BCUT2D eigenvalue weighted by Gasteiger charge is 2.20. The maximum atomic E-state index is 7.16. The lowest BCUT2D eigenvalue weighted by Crippen LogP contribution is -2.36. The van der Waals surface area contributed by atoms with Gasteiger partial charge in [-0.25, -0.2) is 0 Å². The molecule has 0 aromatic carbocycles. The van der Waals surface area contributed by atoms with Gasteiger partial charge in [0.1, 0.15) is 0 Å². The van der Waals surface area contributed by atoms with Crippen LogP contribution < -0.4 is 5.73 Å². The third kappa shape index (κ3) is 4.65. The van der Waals surface area contributed by atoms with Crippen LogP contribution in [0.3, 0.4) is 0 Å². The molecular formula is C12H25N3. The highest BCUT2D eigenvalue weighted by atomic mass is 15.1. The van der Waals surface area contributed by atoms with Gasteiger partial charge in [-0.05, 0) is 50.7 Å². The van der Waals surface area contributed by atoms with E-state index in [1.54, 1.807) is 0 Å². The van der Waals surface area contributed by atoms with Gasteiger partial charge in [-0.3, -0.25) is 5.41 Å². The molecule has 88 valence electrons. The molecule has 0 saturated carbocycles. The van der Waals surface area contributed by atoms with Gasteiger partial charge in [0.2, 0.25) is 0 Å². The molecule has 0 aliphatic carbocycles. The summed E-state index contributed by atoms with van der Waals surface area (Å²) < 4.78 is 0. The third-order valence-electron chi connectivity index (χ3n) is 3.50.